The topological polar surface area (TPSA) is 240 Å². The Morgan fingerprint density at radius 1 is 0.491 bits per heavy atom. The first kappa shape index (κ1) is 50.6. The lowest BCUT2D eigenvalue weighted by atomic mass is 10.00. The van der Waals surface area contributed by atoms with Gasteiger partial charge in [0, 0.05) is 46.6 Å². The van der Waals surface area contributed by atoms with Crippen molar-refractivity contribution in [2.45, 2.75) is 83.6 Å². The minimum Gasteiger partial charge on any atom is -0.478 e. The molecule has 0 bridgehead atoms. The Morgan fingerprint density at radius 3 is 1.25 bits per heavy atom. The molecule has 2 aliphatic rings. The summed E-state index contributed by atoms with van der Waals surface area (Å²) in [5, 5.41) is 7.89. The number of carboxylic acid groups (broad SMARTS) is 1. The summed E-state index contributed by atoms with van der Waals surface area (Å²) in [6.45, 7) is 33.9. The summed E-state index contributed by atoms with van der Waals surface area (Å²) in [6.07, 6.45) is -5.46. The standard InChI is InChI=1S/C18H24O7.C17H18O9.C4H6O2/c1-9(2)16(19)23-13-8-22-12(7)14(24-17(20)10(3)4)15(13)25-18(21)11(5)6;1-5-11(18)23-10-9-22-17(26-14(21)8-4)16(25-13(20)7-3)15(10)24-12(19)6-2;1-3(2)4(5)6/h12-15H,1,3,5,8H2,2,4,6-7H3;5-8,10,15-17H,1-4,9H2;1H2,2H3,(H,5,6)/t12?,13-,14-,15-;10-,15-,16+,17?;/m11./s1. The Bertz CT molecular complexity index is 1570. The van der Waals surface area contributed by atoms with E-state index in [1.54, 1.807) is 6.92 Å². The highest BCUT2D eigenvalue weighted by Gasteiger charge is 2.49. The van der Waals surface area contributed by atoms with E-state index in [4.69, 9.17) is 47.7 Å². The van der Waals surface area contributed by atoms with E-state index >= 15 is 0 Å². The van der Waals surface area contributed by atoms with Gasteiger partial charge in [0.25, 0.3) is 0 Å². The number of hydrogen-bond acceptors (Lipinski definition) is 17. The summed E-state index contributed by atoms with van der Waals surface area (Å²) in [6, 6.07) is 0. The van der Waals surface area contributed by atoms with E-state index in [1.807, 2.05) is 0 Å². The third kappa shape index (κ3) is 17.7. The van der Waals surface area contributed by atoms with Gasteiger partial charge in [-0.15, -0.1) is 0 Å². The van der Waals surface area contributed by atoms with Gasteiger partial charge in [0.1, 0.15) is 0 Å². The number of carbonyl (C=O) groups excluding carboxylic acids is 7. The Labute approximate surface area is 329 Å². The zero-order valence-electron chi connectivity index (χ0n) is 32.4. The summed E-state index contributed by atoms with van der Waals surface area (Å²) in [5.74, 6) is -6.44. The molecule has 0 amide bonds. The van der Waals surface area contributed by atoms with Crippen LogP contribution in [0.15, 0.2) is 99.2 Å². The van der Waals surface area contributed by atoms with Gasteiger partial charge in [0.05, 0.1) is 19.3 Å². The molecule has 2 unspecified atom stereocenters. The molecule has 0 spiro atoms. The molecule has 0 aromatic heterocycles. The second-order valence-corrected chi connectivity index (χ2v) is 11.9. The molecule has 0 saturated carbocycles. The fraction of sp³-hybridized carbons (Fsp3) is 0.385. The fourth-order valence-corrected chi connectivity index (χ4v) is 3.95. The smallest absolute Gasteiger partial charge is 0.333 e. The number of ether oxygens (including phenoxy) is 9. The van der Waals surface area contributed by atoms with Crippen LogP contribution in [0, 0.1) is 0 Å². The maximum Gasteiger partial charge on any atom is 0.333 e. The highest BCUT2D eigenvalue weighted by molar-refractivity contribution is 5.89. The Kier molecular flexibility index (Phi) is 22.1. The van der Waals surface area contributed by atoms with E-state index < -0.39 is 96.8 Å². The van der Waals surface area contributed by atoms with Crippen molar-refractivity contribution in [3.8, 4) is 0 Å². The van der Waals surface area contributed by atoms with Crippen LogP contribution in [0.1, 0.15) is 34.6 Å². The number of hydrogen-bond donors (Lipinski definition) is 1. The summed E-state index contributed by atoms with van der Waals surface area (Å²) in [4.78, 5) is 91.5. The van der Waals surface area contributed by atoms with Gasteiger partial charge >= 0.3 is 47.8 Å². The van der Waals surface area contributed by atoms with Crippen molar-refractivity contribution < 1.29 is 86.1 Å². The van der Waals surface area contributed by atoms with Crippen LogP contribution < -0.4 is 0 Å². The van der Waals surface area contributed by atoms with E-state index in [9.17, 15) is 38.4 Å². The first-order chi connectivity index (χ1) is 26.5. The monoisotopic (exact) mass is 804 g/mol. The van der Waals surface area contributed by atoms with Crippen LogP contribution in [0.25, 0.3) is 0 Å². The fourth-order valence-electron chi connectivity index (χ4n) is 3.95. The minimum atomic E-state index is -1.44. The molecule has 0 radical (unpaired) electrons. The Hall–Kier alpha value is -6.40. The quantitative estimate of drug-likeness (QED) is 0.142. The number of rotatable bonds is 15. The number of esters is 7. The molecule has 18 nitrogen and oxygen atoms in total. The maximum atomic E-state index is 12.0. The van der Waals surface area contributed by atoms with E-state index in [1.165, 1.54) is 27.7 Å². The normalized spacial score (nSPS) is 23.0. The average Bonchev–Trinajstić information content (AvgIpc) is 3.15. The van der Waals surface area contributed by atoms with Gasteiger partial charge in [0.2, 0.25) is 12.4 Å². The van der Waals surface area contributed by atoms with Gasteiger partial charge in [-0.3, -0.25) is 0 Å². The first-order valence-corrected chi connectivity index (χ1v) is 16.6. The molecule has 0 aromatic carbocycles. The molecule has 2 heterocycles. The lowest BCUT2D eigenvalue weighted by Crippen LogP contribution is -2.58. The first-order valence-electron chi connectivity index (χ1n) is 16.6. The number of carbonyl (C=O) groups is 8. The van der Waals surface area contributed by atoms with Crippen molar-refractivity contribution in [2.24, 2.45) is 0 Å². The van der Waals surface area contributed by atoms with Crippen LogP contribution in [0.3, 0.4) is 0 Å². The molecule has 2 aliphatic heterocycles. The van der Waals surface area contributed by atoms with E-state index in [0.29, 0.717) is 0 Å². The third-order valence-corrected chi connectivity index (χ3v) is 6.89. The summed E-state index contributed by atoms with van der Waals surface area (Å²) in [5.41, 5.74) is 0.696. The minimum absolute atomic E-state index is 0.0184. The largest absolute Gasteiger partial charge is 0.478 e. The Morgan fingerprint density at radius 2 is 0.825 bits per heavy atom. The van der Waals surface area contributed by atoms with Crippen LogP contribution >= 0.6 is 0 Å². The van der Waals surface area contributed by atoms with Crippen molar-refractivity contribution >= 4 is 47.8 Å². The molecule has 0 aromatic rings. The average molecular weight is 805 g/mol. The predicted octanol–water partition coefficient (Wildman–Crippen LogP) is 2.88. The lowest BCUT2D eigenvalue weighted by molar-refractivity contribution is -0.271. The second kappa shape index (κ2) is 24.9. The number of carboxylic acids is 1. The van der Waals surface area contributed by atoms with Gasteiger partial charge in [-0.05, 0) is 34.6 Å². The zero-order chi connectivity index (χ0) is 44.2. The Balaban J connectivity index is 0.000000962. The van der Waals surface area contributed by atoms with Crippen molar-refractivity contribution in [3.05, 3.63) is 99.2 Å². The molecule has 57 heavy (non-hydrogen) atoms. The van der Waals surface area contributed by atoms with Crippen molar-refractivity contribution in [1.29, 1.82) is 0 Å². The van der Waals surface area contributed by atoms with E-state index in [0.717, 1.165) is 24.3 Å². The second-order valence-electron chi connectivity index (χ2n) is 11.9. The van der Waals surface area contributed by atoms with Crippen molar-refractivity contribution in [3.63, 3.8) is 0 Å². The molecular formula is C39H48O18. The molecule has 2 saturated heterocycles. The van der Waals surface area contributed by atoms with Crippen LogP contribution in [-0.2, 0) is 81.0 Å². The molecule has 2 fully saturated rings. The van der Waals surface area contributed by atoms with Gasteiger partial charge in [-0.1, -0.05) is 52.6 Å². The van der Waals surface area contributed by atoms with Gasteiger partial charge in [-0.2, -0.15) is 0 Å². The predicted molar refractivity (Wildman–Crippen MR) is 198 cm³/mol. The van der Waals surface area contributed by atoms with Gasteiger partial charge < -0.3 is 47.7 Å². The van der Waals surface area contributed by atoms with Crippen molar-refractivity contribution in [1.82, 2.24) is 0 Å². The molecule has 312 valence electrons. The highest BCUT2D eigenvalue weighted by Crippen LogP contribution is 2.27. The highest BCUT2D eigenvalue weighted by atomic mass is 16.7. The van der Waals surface area contributed by atoms with Crippen molar-refractivity contribution in [2.75, 3.05) is 13.2 Å². The lowest BCUT2D eigenvalue weighted by Gasteiger charge is -2.39. The molecule has 2 rings (SSSR count). The van der Waals surface area contributed by atoms with Crippen LogP contribution in [0.2, 0.25) is 0 Å². The van der Waals surface area contributed by atoms with E-state index in [2.05, 4.69) is 52.6 Å². The van der Waals surface area contributed by atoms with Crippen LogP contribution in [0.4, 0.5) is 0 Å². The molecular weight excluding hydrogens is 756 g/mol. The number of aliphatic carboxylic acids is 1. The van der Waals surface area contributed by atoms with E-state index in [-0.39, 0.29) is 35.5 Å². The van der Waals surface area contributed by atoms with Crippen LogP contribution in [0.5, 0.6) is 0 Å². The summed E-state index contributed by atoms with van der Waals surface area (Å²) in [7, 11) is 0. The van der Waals surface area contributed by atoms with Gasteiger partial charge in [-0.25, -0.2) is 38.4 Å². The zero-order valence-corrected chi connectivity index (χ0v) is 32.4. The summed E-state index contributed by atoms with van der Waals surface area (Å²) < 4.78 is 47.0. The molecule has 8 atom stereocenters. The molecule has 18 heteroatoms. The van der Waals surface area contributed by atoms with Gasteiger partial charge in [0.15, 0.2) is 30.5 Å². The molecule has 0 aliphatic carbocycles. The SMILES string of the molecule is C=C(C)C(=O)O.C=C(C)C(=O)O[C@H]1[C@H](OC(=O)C(=C)C)C(C)OC[C@H]1OC(=O)C(=C)C.C=CC(=O)OC1OC[C@@H](OC(=O)C=C)[C@@H](OC(=O)C=C)[C@@H]1OC(=O)C=C. The molecule has 1 N–H and O–H groups in total. The van der Waals surface area contributed by atoms with Crippen LogP contribution in [-0.4, -0.2) is 115 Å². The maximum absolute atomic E-state index is 12.0. The summed E-state index contributed by atoms with van der Waals surface area (Å²) >= 11 is 0. The third-order valence-electron chi connectivity index (χ3n) is 6.89.